The van der Waals surface area contributed by atoms with Gasteiger partial charge in [-0.25, -0.2) is 4.98 Å². The van der Waals surface area contributed by atoms with E-state index in [1.807, 2.05) is 4.90 Å². The first-order valence-corrected chi connectivity index (χ1v) is 7.49. The molecule has 0 saturated carbocycles. The average Bonchev–Trinajstić information content (AvgIpc) is 2.70. The Morgan fingerprint density at radius 3 is 2.68 bits per heavy atom. The number of aldehydes is 1. The first-order chi connectivity index (χ1) is 10.5. The smallest absolute Gasteiger partial charge is 0.239 e. The van der Waals surface area contributed by atoms with E-state index in [1.54, 1.807) is 14.0 Å². The first-order valence-electron chi connectivity index (χ1n) is 7.11. The van der Waals surface area contributed by atoms with Crippen LogP contribution in [0.3, 0.4) is 0 Å². The van der Waals surface area contributed by atoms with Crippen molar-refractivity contribution in [1.29, 1.82) is 0 Å². The number of hydrogen-bond acceptors (Lipinski definition) is 6. The lowest BCUT2D eigenvalue weighted by molar-refractivity contribution is -0.124. The predicted molar refractivity (Wildman–Crippen MR) is 81.5 cm³/mol. The molecule has 7 nitrogen and oxygen atoms in total. The maximum atomic E-state index is 12.6. The Bertz CT molecular complexity index is 633. The second kappa shape index (κ2) is 5.48. The minimum atomic E-state index is -0.987. The zero-order chi connectivity index (χ0) is 15.9. The fourth-order valence-corrected chi connectivity index (χ4v) is 3.19. The molecule has 0 bridgehead atoms. The van der Waals surface area contributed by atoms with E-state index in [4.69, 9.17) is 16.3 Å². The third-order valence-corrected chi connectivity index (χ3v) is 4.44. The zero-order valence-corrected chi connectivity index (χ0v) is 13.3. The van der Waals surface area contributed by atoms with Crippen LogP contribution in [0.25, 0.3) is 0 Å². The fourth-order valence-electron chi connectivity index (χ4n) is 3.03. The van der Waals surface area contributed by atoms with Gasteiger partial charge in [-0.05, 0) is 18.5 Å². The number of nitrogens with zero attached hydrogens (tertiary/aromatic N) is 4. The summed E-state index contributed by atoms with van der Waals surface area (Å²) in [5.74, 6) is 0.462. The molecule has 1 aromatic heterocycles. The van der Waals surface area contributed by atoms with Gasteiger partial charge in [-0.3, -0.25) is 4.79 Å². The summed E-state index contributed by atoms with van der Waals surface area (Å²) in [5, 5.41) is 0.0838. The molecule has 1 unspecified atom stereocenters. The van der Waals surface area contributed by atoms with Crippen molar-refractivity contribution in [3.8, 4) is 0 Å². The molecule has 1 saturated heterocycles. The molecule has 3 heterocycles. The summed E-state index contributed by atoms with van der Waals surface area (Å²) >= 11 is 6.07. The largest absolute Gasteiger partial charge is 0.378 e. The summed E-state index contributed by atoms with van der Waals surface area (Å²) in [6.45, 7) is 4.26. The molecular weight excluding hydrogens is 308 g/mol. The molecule has 0 spiro atoms. The van der Waals surface area contributed by atoms with Gasteiger partial charge >= 0.3 is 0 Å². The van der Waals surface area contributed by atoms with Crippen molar-refractivity contribution in [2.24, 2.45) is 0 Å². The van der Waals surface area contributed by atoms with Gasteiger partial charge in [0.25, 0.3) is 0 Å². The van der Waals surface area contributed by atoms with Crippen molar-refractivity contribution in [2.45, 2.75) is 18.8 Å². The van der Waals surface area contributed by atoms with E-state index >= 15 is 0 Å². The summed E-state index contributed by atoms with van der Waals surface area (Å²) in [6.07, 6.45) is 0.810. The highest BCUT2D eigenvalue weighted by molar-refractivity contribution is 6.28. The summed E-state index contributed by atoms with van der Waals surface area (Å²) in [6, 6.07) is 0. The number of morpholine rings is 1. The van der Waals surface area contributed by atoms with Gasteiger partial charge in [0.2, 0.25) is 11.2 Å². The molecule has 2 aliphatic heterocycles. The topological polar surface area (TPSA) is 75.6 Å². The van der Waals surface area contributed by atoms with Crippen molar-refractivity contribution in [3.05, 3.63) is 11.0 Å². The van der Waals surface area contributed by atoms with Gasteiger partial charge in [0.1, 0.15) is 12.0 Å². The lowest BCUT2D eigenvalue weighted by Crippen LogP contribution is -2.38. The van der Waals surface area contributed by atoms with Crippen LogP contribution in [0, 0.1) is 0 Å². The number of aromatic nitrogens is 2. The average molecular weight is 325 g/mol. The van der Waals surface area contributed by atoms with E-state index in [-0.39, 0.29) is 17.6 Å². The van der Waals surface area contributed by atoms with Crippen LogP contribution < -0.4 is 9.80 Å². The third-order valence-electron chi connectivity index (χ3n) is 4.28. The predicted octanol–water partition coefficient (Wildman–Crippen LogP) is 0.790. The Labute approximate surface area is 133 Å². The quantitative estimate of drug-likeness (QED) is 0.604. The van der Waals surface area contributed by atoms with E-state index in [0.717, 1.165) is 6.29 Å². The Kier molecular flexibility index (Phi) is 3.78. The highest BCUT2D eigenvalue weighted by Gasteiger charge is 2.49. The van der Waals surface area contributed by atoms with Gasteiger partial charge < -0.3 is 19.3 Å². The monoisotopic (exact) mass is 324 g/mol. The Hall–Kier alpha value is -1.73. The van der Waals surface area contributed by atoms with Gasteiger partial charge in [0, 0.05) is 26.6 Å². The van der Waals surface area contributed by atoms with E-state index in [9.17, 15) is 9.59 Å². The molecule has 1 amide bonds. The summed E-state index contributed by atoms with van der Waals surface area (Å²) in [4.78, 5) is 35.8. The van der Waals surface area contributed by atoms with Crippen LogP contribution in [0.4, 0.5) is 11.5 Å². The van der Waals surface area contributed by atoms with Gasteiger partial charge in [-0.15, -0.1) is 0 Å². The van der Waals surface area contributed by atoms with Crippen LogP contribution in [-0.4, -0.2) is 55.5 Å². The van der Waals surface area contributed by atoms with E-state index < -0.39 is 5.41 Å². The number of halogens is 1. The molecule has 3 rings (SSSR count). The van der Waals surface area contributed by atoms with Gasteiger partial charge in [0.15, 0.2) is 5.82 Å². The fraction of sp³-hybridized carbons (Fsp3) is 0.571. The van der Waals surface area contributed by atoms with E-state index in [2.05, 4.69) is 9.97 Å². The van der Waals surface area contributed by atoms with E-state index in [0.29, 0.717) is 43.5 Å². The lowest BCUT2D eigenvalue weighted by atomic mass is 9.84. The van der Waals surface area contributed by atoms with Crippen molar-refractivity contribution in [1.82, 2.24) is 9.97 Å². The molecule has 8 heteroatoms. The molecule has 0 radical (unpaired) electrons. The number of carbonyl (C=O) groups is 2. The number of ether oxygens (including phenoxy) is 1. The number of amides is 1. The second-order valence-electron chi connectivity index (χ2n) is 5.68. The Morgan fingerprint density at radius 1 is 1.36 bits per heavy atom. The number of anilines is 2. The molecule has 22 heavy (non-hydrogen) atoms. The minimum Gasteiger partial charge on any atom is -0.378 e. The molecule has 0 aromatic carbocycles. The first kappa shape index (κ1) is 15.2. The normalized spacial score (nSPS) is 24.6. The molecule has 2 aliphatic rings. The van der Waals surface area contributed by atoms with Gasteiger partial charge in [-0.1, -0.05) is 0 Å². The van der Waals surface area contributed by atoms with E-state index in [1.165, 1.54) is 4.90 Å². The second-order valence-corrected chi connectivity index (χ2v) is 6.02. The lowest BCUT2D eigenvalue weighted by Gasteiger charge is -2.30. The molecule has 1 aromatic rings. The SMILES string of the molecule is CN1C(=O)C(C)(CC=O)c2nc(Cl)nc(N3CCOCC3)c21. The standard InChI is InChI=1S/C14H17ClN4O3/c1-14(3-6-20)10-9(18(2)12(14)21)11(17-13(15)16-10)19-4-7-22-8-5-19/h6H,3-5,7-8H2,1-2H3. The summed E-state index contributed by atoms with van der Waals surface area (Å²) in [7, 11) is 1.68. The number of fused-ring (bicyclic) bond motifs is 1. The van der Waals surface area contributed by atoms with Crippen LogP contribution in [0.1, 0.15) is 19.0 Å². The summed E-state index contributed by atoms with van der Waals surface area (Å²) < 4.78 is 5.35. The number of rotatable bonds is 3. The molecule has 118 valence electrons. The minimum absolute atomic E-state index is 0.0685. The van der Waals surface area contributed by atoms with Crippen LogP contribution in [0.2, 0.25) is 5.28 Å². The number of likely N-dealkylation sites (N-methyl/N-ethyl adjacent to an activating group) is 1. The van der Waals surface area contributed by atoms with Crippen molar-refractivity contribution >= 4 is 35.3 Å². The highest BCUT2D eigenvalue weighted by atomic mass is 35.5. The zero-order valence-electron chi connectivity index (χ0n) is 12.5. The van der Waals surface area contributed by atoms with Crippen molar-refractivity contribution in [3.63, 3.8) is 0 Å². The molecule has 0 N–H and O–H groups in total. The molecule has 0 aliphatic carbocycles. The summed E-state index contributed by atoms with van der Waals surface area (Å²) in [5.41, 5.74) is 0.175. The third kappa shape index (κ3) is 2.16. The van der Waals surface area contributed by atoms with Crippen molar-refractivity contribution in [2.75, 3.05) is 43.2 Å². The molecule has 1 atom stereocenters. The molecule has 1 fully saturated rings. The Balaban J connectivity index is 2.16. The van der Waals surface area contributed by atoms with Crippen molar-refractivity contribution < 1.29 is 14.3 Å². The van der Waals surface area contributed by atoms with Crippen LogP contribution in [-0.2, 0) is 19.7 Å². The van der Waals surface area contributed by atoms with Crippen LogP contribution in [0.5, 0.6) is 0 Å². The number of carbonyl (C=O) groups excluding carboxylic acids is 2. The Morgan fingerprint density at radius 2 is 2.05 bits per heavy atom. The number of hydrogen-bond donors (Lipinski definition) is 0. The molecular formula is C14H17ClN4O3. The van der Waals surface area contributed by atoms with Gasteiger partial charge in [0.05, 0.1) is 24.3 Å². The maximum Gasteiger partial charge on any atom is 0.239 e. The highest BCUT2D eigenvalue weighted by Crippen LogP contribution is 2.46. The van der Waals surface area contributed by atoms with Gasteiger partial charge in [-0.2, -0.15) is 4.98 Å². The van der Waals surface area contributed by atoms with Crippen LogP contribution >= 0.6 is 11.6 Å². The maximum absolute atomic E-state index is 12.6. The van der Waals surface area contributed by atoms with Crippen LogP contribution in [0.15, 0.2) is 0 Å².